The number of hydrogen-bond acceptors (Lipinski definition) is 2. The second-order valence-electron chi connectivity index (χ2n) is 7.58. The summed E-state index contributed by atoms with van der Waals surface area (Å²) in [6.45, 7) is 11.5. The molecule has 2 saturated heterocycles. The number of hydrogen-bond donors (Lipinski definition) is 1. The summed E-state index contributed by atoms with van der Waals surface area (Å²) in [6.07, 6.45) is 3.46. The molecule has 0 aromatic heterocycles. The van der Waals surface area contributed by atoms with Crippen LogP contribution in [-0.2, 0) is 11.2 Å². The highest BCUT2D eigenvalue weighted by atomic mass is 16.5. The van der Waals surface area contributed by atoms with Crippen LogP contribution in [0.5, 0.6) is 0 Å². The molecule has 1 aromatic rings. The zero-order valence-electron chi connectivity index (χ0n) is 15.6. The Morgan fingerprint density at radius 3 is 2.62 bits per heavy atom. The topological polar surface area (TPSA) is 36.9 Å². The summed E-state index contributed by atoms with van der Waals surface area (Å²) in [5.41, 5.74) is 5.98. The standard InChI is InChI=1S/C20H31N3O/c1-15-11-16(2)18(17(3)12-15)5-8-22-19(21-4)23-9-6-20(13-23)7-10-24-14-20/h11-12H,5-10,13-14H2,1-4H3,(H,21,22). The van der Waals surface area contributed by atoms with Gasteiger partial charge in [0.1, 0.15) is 0 Å². The quantitative estimate of drug-likeness (QED) is 0.684. The molecule has 0 amide bonds. The van der Waals surface area contributed by atoms with E-state index in [4.69, 9.17) is 4.74 Å². The maximum Gasteiger partial charge on any atom is 0.193 e. The Balaban J connectivity index is 1.56. The van der Waals surface area contributed by atoms with E-state index >= 15 is 0 Å². The van der Waals surface area contributed by atoms with Crippen molar-refractivity contribution in [3.63, 3.8) is 0 Å². The van der Waals surface area contributed by atoms with Crippen molar-refractivity contribution >= 4 is 5.96 Å². The summed E-state index contributed by atoms with van der Waals surface area (Å²) in [5.74, 6) is 1.04. The van der Waals surface area contributed by atoms with Crippen LogP contribution in [0.3, 0.4) is 0 Å². The Labute approximate surface area is 146 Å². The molecule has 2 aliphatic rings. The molecular weight excluding hydrogens is 298 g/mol. The third-order valence-electron chi connectivity index (χ3n) is 5.63. The van der Waals surface area contributed by atoms with Gasteiger partial charge in [-0.15, -0.1) is 0 Å². The van der Waals surface area contributed by atoms with Gasteiger partial charge in [0.2, 0.25) is 0 Å². The van der Waals surface area contributed by atoms with Crippen molar-refractivity contribution in [1.29, 1.82) is 0 Å². The second kappa shape index (κ2) is 7.14. The van der Waals surface area contributed by atoms with E-state index in [0.29, 0.717) is 5.41 Å². The SMILES string of the molecule is CN=C(NCCc1c(C)cc(C)cc1C)N1CCC2(CCOC2)C1. The molecule has 4 heteroatoms. The molecule has 0 saturated carbocycles. The Morgan fingerprint density at radius 2 is 2.00 bits per heavy atom. The molecule has 4 nitrogen and oxygen atoms in total. The molecule has 1 N–H and O–H groups in total. The fraction of sp³-hybridized carbons (Fsp3) is 0.650. The van der Waals surface area contributed by atoms with Gasteiger partial charge < -0.3 is 15.0 Å². The maximum absolute atomic E-state index is 5.63. The molecule has 0 radical (unpaired) electrons. The van der Waals surface area contributed by atoms with Crippen molar-refractivity contribution in [1.82, 2.24) is 10.2 Å². The zero-order valence-corrected chi connectivity index (χ0v) is 15.6. The number of likely N-dealkylation sites (tertiary alicyclic amines) is 1. The number of guanidine groups is 1. The molecule has 132 valence electrons. The van der Waals surface area contributed by atoms with Crippen LogP contribution in [0.25, 0.3) is 0 Å². The van der Waals surface area contributed by atoms with Gasteiger partial charge in [0.15, 0.2) is 5.96 Å². The van der Waals surface area contributed by atoms with Crippen LogP contribution in [0.15, 0.2) is 17.1 Å². The van der Waals surface area contributed by atoms with Crippen molar-refractivity contribution in [3.8, 4) is 0 Å². The van der Waals surface area contributed by atoms with Crippen LogP contribution in [0.1, 0.15) is 35.1 Å². The van der Waals surface area contributed by atoms with Gasteiger partial charge in [0.25, 0.3) is 0 Å². The van der Waals surface area contributed by atoms with Gasteiger partial charge in [0.05, 0.1) is 6.61 Å². The van der Waals surface area contributed by atoms with Gasteiger partial charge in [0, 0.05) is 38.7 Å². The third-order valence-corrected chi connectivity index (χ3v) is 5.63. The minimum absolute atomic E-state index is 0.377. The third kappa shape index (κ3) is 3.59. The normalized spacial score (nSPS) is 24.2. The van der Waals surface area contributed by atoms with Gasteiger partial charge in [-0.25, -0.2) is 0 Å². The highest BCUT2D eigenvalue weighted by Gasteiger charge is 2.42. The van der Waals surface area contributed by atoms with Crippen molar-refractivity contribution in [2.45, 2.75) is 40.0 Å². The minimum Gasteiger partial charge on any atom is -0.381 e. The lowest BCUT2D eigenvalue weighted by Gasteiger charge is -2.25. The fourth-order valence-electron chi connectivity index (χ4n) is 4.32. The van der Waals surface area contributed by atoms with E-state index in [0.717, 1.165) is 45.2 Å². The molecule has 0 bridgehead atoms. The maximum atomic E-state index is 5.63. The average Bonchev–Trinajstić information content (AvgIpc) is 3.16. The number of nitrogens with zero attached hydrogens (tertiary/aromatic N) is 2. The van der Waals surface area contributed by atoms with Crippen LogP contribution in [-0.4, -0.2) is 50.8 Å². The first-order valence-electron chi connectivity index (χ1n) is 9.13. The molecule has 1 aromatic carbocycles. The van der Waals surface area contributed by atoms with E-state index in [-0.39, 0.29) is 0 Å². The first kappa shape index (κ1) is 17.3. The van der Waals surface area contributed by atoms with Crippen molar-refractivity contribution in [2.75, 3.05) is 39.9 Å². The number of benzene rings is 1. The smallest absolute Gasteiger partial charge is 0.193 e. The van der Waals surface area contributed by atoms with Crippen molar-refractivity contribution < 1.29 is 4.74 Å². The Bertz CT molecular complexity index is 594. The van der Waals surface area contributed by atoms with Crippen molar-refractivity contribution in [3.05, 3.63) is 34.4 Å². The Morgan fingerprint density at radius 1 is 1.25 bits per heavy atom. The molecule has 3 rings (SSSR count). The minimum atomic E-state index is 0.377. The molecule has 2 heterocycles. The predicted octanol–water partition coefficient (Wildman–Crippen LogP) is 2.84. The van der Waals surface area contributed by atoms with Gasteiger partial charge in [-0.3, -0.25) is 4.99 Å². The van der Waals surface area contributed by atoms with Gasteiger partial charge >= 0.3 is 0 Å². The number of nitrogens with one attached hydrogen (secondary N) is 1. The number of aliphatic imine (C=N–C) groups is 1. The monoisotopic (exact) mass is 329 g/mol. The largest absolute Gasteiger partial charge is 0.381 e. The number of ether oxygens (including phenoxy) is 1. The van der Waals surface area contributed by atoms with E-state index in [2.05, 4.69) is 48.1 Å². The number of aryl methyl sites for hydroxylation is 3. The summed E-state index contributed by atoms with van der Waals surface area (Å²) in [4.78, 5) is 6.91. The van der Waals surface area contributed by atoms with Gasteiger partial charge in [-0.05, 0) is 56.7 Å². The summed E-state index contributed by atoms with van der Waals surface area (Å²) >= 11 is 0. The van der Waals surface area contributed by atoms with Crippen LogP contribution >= 0.6 is 0 Å². The summed E-state index contributed by atoms with van der Waals surface area (Å²) in [7, 11) is 1.89. The molecule has 0 aliphatic carbocycles. The molecule has 2 fully saturated rings. The summed E-state index contributed by atoms with van der Waals surface area (Å²) in [6, 6.07) is 4.56. The lowest BCUT2D eigenvalue weighted by molar-refractivity contribution is 0.156. The van der Waals surface area contributed by atoms with E-state index in [9.17, 15) is 0 Å². The highest BCUT2D eigenvalue weighted by molar-refractivity contribution is 5.80. The average molecular weight is 329 g/mol. The summed E-state index contributed by atoms with van der Waals surface area (Å²) < 4.78 is 5.63. The Hall–Kier alpha value is -1.55. The molecule has 1 atom stereocenters. The van der Waals surface area contributed by atoms with Crippen LogP contribution in [0, 0.1) is 26.2 Å². The van der Waals surface area contributed by atoms with E-state index in [1.807, 2.05) is 7.05 Å². The van der Waals surface area contributed by atoms with Crippen LogP contribution in [0.2, 0.25) is 0 Å². The molecule has 1 spiro atoms. The first-order chi connectivity index (χ1) is 11.5. The van der Waals surface area contributed by atoms with Gasteiger partial charge in [-0.1, -0.05) is 17.7 Å². The lowest BCUT2D eigenvalue weighted by Crippen LogP contribution is -2.42. The molecule has 1 unspecified atom stereocenters. The van der Waals surface area contributed by atoms with Crippen LogP contribution in [0.4, 0.5) is 0 Å². The van der Waals surface area contributed by atoms with E-state index < -0.39 is 0 Å². The highest BCUT2D eigenvalue weighted by Crippen LogP contribution is 2.38. The van der Waals surface area contributed by atoms with Crippen molar-refractivity contribution in [2.24, 2.45) is 10.4 Å². The van der Waals surface area contributed by atoms with Gasteiger partial charge in [-0.2, -0.15) is 0 Å². The second-order valence-corrected chi connectivity index (χ2v) is 7.58. The Kier molecular flexibility index (Phi) is 5.14. The molecule has 24 heavy (non-hydrogen) atoms. The molecular formula is C20H31N3O. The molecule has 2 aliphatic heterocycles. The predicted molar refractivity (Wildman–Crippen MR) is 99.8 cm³/mol. The lowest BCUT2D eigenvalue weighted by atomic mass is 9.87. The summed E-state index contributed by atoms with van der Waals surface area (Å²) in [5, 5.41) is 3.57. The van der Waals surface area contributed by atoms with E-state index in [1.54, 1.807) is 0 Å². The van der Waals surface area contributed by atoms with E-state index in [1.165, 1.54) is 35.1 Å². The van der Waals surface area contributed by atoms with Crippen LogP contribution < -0.4 is 5.32 Å². The first-order valence-corrected chi connectivity index (χ1v) is 9.13. The zero-order chi connectivity index (χ0) is 17.2. The fourth-order valence-corrected chi connectivity index (χ4v) is 4.32. The number of rotatable bonds is 3.